The van der Waals surface area contributed by atoms with E-state index in [9.17, 15) is 4.79 Å². The highest BCUT2D eigenvalue weighted by molar-refractivity contribution is 5.81. The average molecular weight is 245 g/mol. The molecule has 1 heterocycles. The van der Waals surface area contributed by atoms with E-state index >= 15 is 0 Å². The van der Waals surface area contributed by atoms with E-state index in [-0.39, 0.29) is 18.8 Å². The van der Waals surface area contributed by atoms with Gasteiger partial charge in [-0.25, -0.2) is 9.67 Å². The normalized spacial score (nSPS) is 10.3. The zero-order valence-corrected chi connectivity index (χ0v) is 10.2. The molecule has 0 bridgehead atoms. The van der Waals surface area contributed by atoms with Gasteiger partial charge in [-0.1, -0.05) is 18.2 Å². The van der Waals surface area contributed by atoms with E-state index in [4.69, 9.17) is 4.74 Å². The molecule has 18 heavy (non-hydrogen) atoms. The van der Waals surface area contributed by atoms with Gasteiger partial charge in [0.2, 0.25) is 0 Å². The summed E-state index contributed by atoms with van der Waals surface area (Å²) in [6.45, 7) is 2.73. The SMILES string of the molecule is CCn1ncnc1CC(=O)COc1ccccc1. The number of rotatable bonds is 6. The van der Waals surface area contributed by atoms with Crippen LogP contribution >= 0.6 is 0 Å². The molecule has 5 heteroatoms. The van der Waals surface area contributed by atoms with Crippen LogP contribution in [0.3, 0.4) is 0 Å². The largest absolute Gasteiger partial charge is 0.486 e. The summed E-state index contributed by atoms with van der Waals surface area (Å²) in [6, 6.07) is 9.28. The second-order valence-corrected chi connectivity index (χ2v) is 3.81. The Labute approximate surface area is 105 Å². The molecule has 0 amide bonds. The number of aromatic nitrogens is 3. The van der Waals surface area contributed by atoms with Crippen LogP contribution in [-0.2, 0) is 17.8 Å². The maximum atomic E-state index is 11.7. The summed E-state index contributed by atoms with van der Waals surface area (Å²) in [6.07, 6.45) is 1.71. The summed E-state index contributed by atoms with van der Waals surface area (Å²) in [5.74, 6) is 1.36. The Kier molecular flexibility index (Phi) is 4.06. The Hall–Kier alpha value is -2.17. The number of para-hydroxylation sites is 1. The van der Waals surface area contributed by atoms with Crippen LogP contribution in [0.15, 0.2) is 36.7 Å². The molecular formula is C13H15N3O2. The van der Waals surface area contributed by atoms with Crippen LogP contribution in [0.4, 0.5) is 0 Å². The molecule has 0 aliphatic carbocycles. The number of benzene rings is 1. The summed E-state index contributed by atoms with van der Waals surface area (Å²) in [4.78, 5) is 15.8. The molecule has 0 N–H and O–H groups in total. The quantitative estimate of drug-likeness (QED) is 0.773. The first-order valence-electron chi connectivity index (χ1n) is 5.86. The number of ketones is 1. The van der Waals surface area contributed by atoms with E-state index in [1.54, 1.807) is 4.68 Å². The monoisotopic (exact) mass is 245 g/mol. The van der Waals surface area contributed by atoms with Gasteiger partial charge in [-0.05, 0) is 19.1 Å². The lowest BCUT2D eigenvalue weighted by Gasteiger charge is -2.05. The molecule has 0 saturated carbocycles. The van der Waals surface area contributed by atoms with Gasteiger partial charge >= 0.3 is 0 Å². The van der Waals surface area contributed by atoms with Crippen LogP contribution in [0.1, 0.15) is 12.7 Å². The van der Waals surface area contributed by atoms with E-state index in [1.165, 1.54) is 6.33 Å². The molecule has 0 saturated heterocycles. The average Bonchev–Trinajstić information content (AvgIpc) is 2.85. The number of ether oxygens (including phenoxy) is 1. The van der Waals surface area contributed by atoms with Gasteiger partial charge in [-0.15, -0.1) is 0 Å². The van der Waals surface area contributed by atoms with Gasteiger partial charge in [0.15, 0.2) is 5.78 Å². The van der Waals surface area contributed by atoms with Crippen LogP contribution in [0.2, 0.25) is 0 Å². The Morgan fingerprint density at radius 3 is 2.83 bits per heavy atom. The molecule has 0 atom stereocenters. The zero-order valence-electron chi connectivity index (χ0n) is 10.2. The molecule has 1 aromatic heterocycles. The highest BCUT2D eigenvalue weighted by atomic mass is 16.5. The molecule has 0 unspecified atom stereocenters. The van der Waals surface area contributed by atoms with Crippen LogP contribution in [0, 0.1) is 0 Å². The summed E-state index contributed by atoms with van der Waals surface area (Å²) in [5, 5.41) is 4.02. The highest BCUT2D eigenvalue weighted by Gasteiger charge is 2.10. The molecule has 0 aliphatic heterocycles. The number of hydrogen-bond acceptors (Lipinski definition) is 4. The minimum Gasteiger partial charge on any atom is -0.486 e. The molecule has 2 rings (SSSR count). The summed E-state index contributed by atoms with van der Waals surface area (Å²) >= 11 is 0. The lowest BCUT2D eigenvalue weighted by atomic mass is 10.3. The van der Waals surface area contributed by atoms with Gasteiger partial charge in [-0.3, -0.25) is 4.79 Å². The predicted octanol–water partition coefficient (Wildman–Crippen LogP) is 1.49. The minimum atomic E-state index is -0.0125. The second-order valence-electron chi connectivity index (χ2n) is 3.81. The number of carbonyl (C=O) groups excluding carboxylic acids is 1. The number of aryl methyl sites for hydroxylation is 1. The molecule has 5 nitrogen and oxygen atoms in total. The zero-order chi connectivity index (χ0) is 12.8. The Bertz CT molecular complexity index is 508. The van der Waals surface area contributed by atoms with Gasteiger partial charge in [0.05, 0.1) is 6.42 Å². The van der Waals surface area contributed by atoms with Crippen molar-refractivity contribution in [2.75, 3.05) is 6.61 Å². The van der Waals surface area contributed by atoms with Crippen molar-refractivity contribution in [1.29, 1.82) is 0 Å². The third-order valence-electron chi connectivity index (χ3n) is 2.49. The van der Waals surface area contributed by atoms with Gasteiger partial charge in [-0.2, -0.15) is 5.10 Å². The van der Waals surface area contributed by atoms with E-state index in [0.29, 0.717) is 18.1 Å². The first-order chi connectivity index (χ1) is 8.79. The van der Waals surface area contributed by atoms with Crippen LogP contribution in [0.25, 0.3) is 0 Å². The van der Waals surface area contributed by atoms with E-state index in [1.807, 2.05) is 37.3 Å². The van der Waals surface area contributed by atoms with Crippen molar-refractivity contribution >= 4 is 5.78 Å². The van der Waals surface area contributed by atoms with E-state index in [2.05, 4.69) is 10.1 Å². The molecule has 0 aliphatic rings. The maximum Gasteiger partial charge on any atom is 0.177 e. The van der Waals surface area contributed by atoms with Gasteiger partial charge < -0.3 is 4.74 Å². The maximum absolute atomic E-state index is 11.7. The topological polar surface area (TPSA) is 57.0 Å². The fourth-order valence-electron chi connectivity index (χ4n) is 1.60. The fraction of sp³-hybridized carbons (Fsp3) is 0.308. The molecule has 0 fully saturated rings. The number of nitrogens with zero attached hydrogens (tertiary/aromatic N) is 3. The van der Waals surface area contributed by atoms with Crippen molar-refractivity contribution < 1.29 is 9.53 Å². The van der Waals surface area contributed by atoms with Crippen molar-refractivity contribution in [3.05, 3.63) is 42.5 Å². The van der Waals surface area contributed by atoms with E-state index in [0.717, 1.165) is 0 Å². The first-order valence-corrected chi connectivity index (χ1v) is 5.86. The van der Waals surface area contributed by atoms with Crippen molar-refractivity contribution in [3.63, 3.8) is 0 Å². The predicted molar refractivity (Wildman–Crippen MR) is 66.3 cm³/mol. The van der Waals surface area contributed by atoms with Crippen molar-refractivity contribution in [1.82, 2.24) is 14.8 Å². The Balaban J connectivity index is 1.86. The van der Waals surface area contributed by atoms with Crippen LogP contribution < -0.4 is 4.74 Å². The van der Waals surface area contributed by atoms with E-state index < -0.39 is 0 Å². The molecule has 0 spiro atoms. The van der Waals surface area contributed by atoms with Crippen molar-refractivity contribution in [3.8, 4) is 5.75 Å². The number of Topliss-reactive ketones (excluding diaryl/α,β-unsaturated/α-hetero) is 1. The second kappa shape index (κ2) is 5.95. The lowest BCUT2D eigenvalue weighted by molar-refractivity contribution is -0.120. The molecular weight excluding hydrogens is 230 g/mol. The lowest BCUT2D eigenvalue weighted by Crippen LogP contribution is -2.17. The standard InChI is InChI=1S/C13H15N3O2/c1-2-16-13(14-10-15-16)8-11(17)9-18-12-6-4-3-5-7-12/h3-7,10H,2,8-9H2,1H3. The fourth-order valence-corrected chi connectivity index (χ4v) is 1.60. The molecule has 1 aromatic carbocycles. The minimum absolute atomic E-state index is 0.0125. The third-order valence-corrected chi connectivity index (χ3v) is 2.49. The van der Waals surface area contributed by atoms with Crippen molar-refractivity contribution in [2.45, 2.75) is 19.9 Å². The Morgan fingerprint density at radius 2 is 2.11 bits per heavy atom. The summed E-state index contributed by atoms with van der Waals surface area (Å²) in [7, 11) is 0. The smallest absolute Gasteiger partial charge is 0.177 e. The molecule has 0 radical (unpaired) electrons. The number of carbonyl (C=O) groups is 1. The highest BCUT2D eigenvalue weighted by Crippen LogP contribution is 2.08. The molecule has 94 valence electrons. The summed E-state index contributed by atoms with van der Waals surface area (Å²) < 4.78 is 7.09. The van der Waals surface area contributed by atoms with Crippen LogP contribution in [0.5, 0.6) is 5.75 Å². The number of hydrogen-bond donors (Lipinski definition) is 0. The van der Waals surface area contributed by atoms with Gasteiger partial charge in [0.25, 0.3) is 0 Å². The van der Waals surface area contributed by atoms with Gasteiger partial charge in [0.1, 0.15) is 24.5 Å². The van der Waals surface area contributed by atoms with Crippen molar-refractivity contribution in [2.24, 2.45) is 0 Å². The van der Waals surface area contributed by atoms with Gasteiger partial charge in [0, 0.05) is 6.54 Å². The molecule has 2 aromatic rings. The summed E-state index contributed by atoms with van der Waals surface area (Å²) in [5.41, 5.74) is 0. The first kappa shape index (κ1) is 12.3. The van der Waals surface area contributed by atoms with Crippen LogP contribution in [-0.4, -0.2) is 27.2 Å². The Morgan fingerprint density at radius 1 is 1.33 bits per heavy atom. The third kappa shape index (κ3) is 3.16.